The molecule has 0 radical (unpaired) electrons. The van der Waals surface area contributed by atoms with E-state index in [0.29, 0.717) is 0 Å². The Balaban J connectivity index is 1.95. The Labute approximate surface area is 138 Å². The molecule has 114 valence electrons. The number of pyridine rings is 1. The quantitative estimate of drug-likeness (QED) is 0.536. The molecule has 0 aliphatic carbocycles. The third-order valence-corrected chi connectivity index (χ3v) is 4.16. The van der Waals surface area contributed by atoms with Gasteiger partial charge in [0.15, 0.2) is 0 Å². The molecule has 1 heterocycles. The molecule has 1 heteroatoms. The first-order valence-electron chi connectivity index (χ1n) is 7.91. The van der Waals surface area contributed by atoms with Crippen LogP contribution in [0.25, 0.3) is 21.9 Å². The highest BCUT2D eigenvalue weighted by molar-refractivity contribution is 5.93. The normalized spacial score (nSPS) is 12.7. The third kappa shape index (κ3) is 3.40. The number of benzene rings is 2. The van der Waals surface area contributed by atoms with E-state index in [1.165, 1.54) is 27.5 Å². The fourth-order valence-electron chi connectivity index (χ4n) is 2.71. The number of allylic oxidation sites excluding steroid dienone is 4. The molecule has 0 bridgehead atoms. The van der Waals surface area contributed by atoms with Gasteiger partial charge in [-0.3, -0.25) is 4.98 Å². The molecule has 2 aromatic carbocycles. The van der Waals surface area contributed by atoms with Gasteiger partial charge in [-0.1, -0.05) is 60.7 Å². The van der Waals surface area contributed by atoms with Crippen LogP contribution in [0.15, 0.2) is 72.9 Å². The van der Waals surface area contributed by atoms with Crippen LogP contribution in [0.1, 0.15) is 30.7 Å². The van der Waals surface area contributed by atoms with Crippen LogP contribution >= 0.6 is 0 Å². The average Bonchev–Trinajstić information content (AvgIpc) is 2.59. The van der Waals surface area contributed by atoms with Crippen LogP contribution in [-0.2, 0) is 0 Å². The van der Waals surface area contributed by atoms with Crippen LogP contribution in [-0.4, -0.2) is 4.98 Å². The zero-order valence-corrected chi connectivity index (χ0v) is 13.9. The number of fused-ring (bicyclic) bond motifs is 1. The lowest BCUT2D eigenvalue weighted by atomic mass is 9.98. The number of aryl methyl sites for hydroxylation is 1. The molecule has 3 aromatic rings. The highest BCUT2D eigenvalue weighted by Gasteiger charge is 2.01. The average molecular weight is 299 g/mol. The van der Waals surface area contributed by atoms with Crippen LogP contribution in [0.2, 0.25) is 0 Å². The van der Waals surface area contributed by atoms with Crippen LogP contribution < -0.4 is 0 Å². The lowest BCUT2D eigenvalue weighted by molar-refractivity contribution is 1.19. The Kier molecular flexibility index (Phi) is 4.38. The van der Waals surface area contributed by atoms with Gasteiger partial charge in [-0.2, -0.15) is 0 Å². The molecule has 0 fully saturated rings. The van der Waals surface area contributed by atoms with Crippen molar-refractivity contribution in [2.45, 2.75) is 20.8 Å². The largest absolute Gasteiger partial charge is 0.261 e. The van der Waals surface area contributed by atoms with Crippen LogP contribution in [0.5, 0.6) is 0 Å². The maximum Gasteiger partial charge on any atom is 0.0373 e. The van der Waals surface area contributed by atoms with Crippen molar-refractivity contribution in [1.82, 2.24) is 4.98 Å². The highest BCUT2D eigenvalue weighted by Crippen LogP contribution is 2.25. The summed E-state index contributed by atoms with van der Waals surface area (Å²) in [6, 6.07) is 19.2. The topological polar surface area (TPSA) is 12.9 Å². The maximum atomic E-state index is 4.36. The molecule has 1 nitrogen and oxygen atoms in total. The molecule has 0 unspecified atom stereocenters. The van der Waals surface area contributed by atoms with Gasteiger partial charge in [-0.25, -0.2) is 0 Å². The second-order valence-electron chi connectivity index (χ2n) is 5.91. The van der Waals surface area contributed by atoms with Crippen molar-refractivity contribution >= 4 is 21.9 Å². The summed E-state index contributed by atoms with van der Waals surface area (Å²) < 4.78 is 0. The Morgan fingerprint density at radius 3 is 2.35 bits per heavy atom. The minimum atomic E-state index is 1.05. The van der Waals surface area contributed by atoms with Gasteiger partial charge in [0.05, 0.1) is 0 Å². The molecular formula is C22H21N. The van der Waals surface area contributed by atoms with E-state index in [2.05, 4.69) is 79.5 Å². The van der Waals surface area contributed by atoms with E-state index in [9.17, 15) is 0 Å². The maximum absolute atomic E-state index is 4.36. The van der Waals surface area contributed by atoms with E-state index < -0.39 is 0 Å². The summed E-state index contributed by atoms with van der Waals surface area (Å²) in [4.78, 5) is 4.36. The Morgan fingerprint density at radius 2 is 1.57 bits per heavy atom. The van der Waals surface area contributed by atoms with Gasteiger partial charge in [-0.05, 0) is 59.9 Å². The molecule has 0 saturated carbocycles. The second kappa shape index (κ2) is 6.62. The van der Waals surface area contributed by atoms with E-state index in [1.807, 2.05) is 19.2 Å². The smallest absolute Gasteiger partial charge is 0.0373 e. The predicted octanol–water partition coefficient (Wildman–Crippen LogP) is 6.05. The van der Waals surface area contributed by atoms with Crippen molar-refractivity contribution in [3.8, 4) is 0 Å². The molecular weight excluding hydrogens is 278 g/mol. The van der Waals surface area contributed by atoms with Crippen molar-refractivity contribution in [2.75, 3.05) is 0 Å². The molecule has 0 aliphatic rings. The molecule has 0 atom stereocenters. The summed E-state index contributed by atoms with van der Waals surface area (Å²) >= 11 is 0. The van der Waals surface area contributed by atoms with Crippen molar-refractivity contribution in [1.29, 1.82) is 0 Å². The van der Waals surface area contributed by atoms with E-state index in [4.69, 9.17) is 0 Å². The van der Waals surface area contributed by atoms with Gasteiger partial charge in [-0.15, -0.1) is 0 Å². The van der Waals surface area contributed by atoms with Gasteiger partial charge >= 0.3 is 0 Å². The first-order chi connectivity index (χ1) is 11.1. The minimum absolute atomic E-state index is 1.05. The van der Waals surface area contributed by atoms with E-state index in [1.54, 1.807) is 0 Å². The van der Waals surface area contributed by atoms with Crippen molar-refractivity contribution in [2.24, 2.45) is 0 Å². The first-order valence-corrected chi connectivity index (χ1v) is 7.91. The van der Waals surface area contributed by atoms with Crippen LogP contribution in [0.4, 0.5) is 0 Å². The number of aromatic nitrogens is 1. The van der Waals surface area contributed by atoms with Crippen molar-refractivity contribution in [3.05, 3.63) is 89.8 Å². The summed E-state index contributed by atoms with van der Waals surface area (Å²) in [7, 11) is 0. The molecule has 0 saturated heterocycles. The van der Waals surface area contributed by atoms with Gasteiger partial charge < -0.3 is 0 Å². The summed E-state index contributed by atoms with van der Waals surface area (Å²) in [5.74, 6) is 0. The zero-order valence-electron chi connectivity index (χ0n) is 13.9. The van der Waals surface area contributed by atoms with Crippen LogP contribution in [0, 0.1) is 6.92 Å². The standard InChI is InChI=1S/C22H21N/c1-16(20-14-13-18(3)23-15-20)11-12-17(2)21-10-6-8-19-7-4-5-9-22(19)21/h4-15H,1-3H3/b16-11+,17-12+. The molecule has 0 spiro atoms. The van der Waals surface area contributed by atoms with Crippen molar-refractivity contribution < 1.29 is 0 Å². The fourth-order valence-corrected chi connectivity index (χ4v) is 2.71. The van der Waals surface area contributed by atoms with Crippen LogP contribution in [0.3, 0.4) is 0 Å². The van der Waals surface area contributed by atoms with Gasteiger partial charge in [0.2, 0.25) is 0 Å². The number of rotatable bonds is 3. The Bertz CT molecular complexity index is 878. The number of hydrogen-bond acceptors (Lipinski definition) is 1. The lowest BCUT2D eigenvalue weighted by Gasteiger charge is -2.07. The van der Waals surface area contributed by atoms with E-state index in [-0.39, 0.29) is 0 Å². The summed E-state index contributed by atoms with van der Waals surface area (Å²) in [5, 5.41) is 2.58. The highest BCUT2D eigenvalue weighted by atomic mass is 14.7. The summed E-state index contributed by atoms with van der Waals surface area (Å²) in [5.41, 5.74) is 5.98. The van der Waals surface area contributed by atoms with Gasteiger partial charge in [0.1, 0.15) is 0 Å². The molecule has 3 rings (SSSR count). The Morgan fingerprint density at radius 1 is 0.826 bits per heavy atom. The number of nitrogens with zero attached hydrogens (tertiary/aromatic N) is 1. The first kappa shape index (κ1) is 15.2. The molecule has 1 aromatic heterocycles. The third-order valence-electron chi connectivity index (χ3n) is 4.16. The van der Waals surface area contributed by atoms with E-state index in [0.717, 1.165) is 11.3 Å². The van der Waals surface area contributed by atoms with Gasteiger partial charge in [0.25, 0.3) is 0 Å². The molecule has 0 amide bonds. The number of hydrogen-bond donors (Lipinski definition) is 0. The van der Waals surface area contributed by atoms with Crippen molar-refractivity contribution in [3.63, 3.8) is 0 Å². The molecule has 0 aliphatic heterocycles. The second-order valence-corrected chi connectivity index (χ2v) is 5.91. The van der Waals surface area contributed by atoms with Gasteiger partial charge in [0, 0.05) is 11.9 Å². The predicted molar refractivity (Wildman–Crippen MR) is 100 cm³/mol. The Hall–Kier alpha value is -2.67. The fraction of sp³-hybridized carbons (Fsp3) is 0.136. The SMILES string of the molecule is C/C(=C\C=C(/C)c1cccc2ccccc12)c1ccc(C)nc1. The summed E-state index contributed by atoms with van der Waals surface area (Å²) in [6.45, 7) is 6.30. The lowest BCUT2D eigenvalue weighted by Crippen LogP contribution is -1.85. The molecule has 23 heavy (non-hydrogen) atoms. The minimum Gasteiger partial charge on any atom is -0.261 e. The zero-order chi connectivity index (χ0) is 16.2. The monoisotopic (exact) mass is 299 g/mol. The summed E-state index contributed by atoms with van der Waals surface area (Å²) in [6.07, 6.45) is 6.29. The van der Waals surface area contributed by atoms with E-state index >= 15 is 0 Å². The molecule has 0 N–H and O–H groups in total.